The molecule has 0 bridgehead atoms. The van der Waals surface area contributed by atoms with Crippen molar-refractivity contribution in [2.75, 3.05) is 0 Å². The summed E-state index contributed by atoms with van der Waals surface area (Å²) in [6.45, 7) is 15.4. The molecule has 5 saturated carbocycles. The Morgan fingerprint density at radius 3 is 2.27 bits per heavy atom. The first-order chi connectivity index (χ1) is 13.9. The van der Waals surface area contributed by atoms with Crippen molar-refractivity contribution in [3.63, 3.8) is 0 Å². The summed E-state index contributed by atoms with van der Waals surface area (Å²) in [5.41, 5.74) is 2.71. The second-order valence-corrected chi connectivity index (χ2v) is 13.8. The average molecular weight is 415 g/mol. The van der Waals surface area contributed by atoms with Crippen LogP contribution in [0.4, 0.5) is 0 Å². The molecule has 0 aromatic rings. The molecule has 2 spiro atoms. The molecule has 9 atom stereocenters. The smallest absolute Gasteiger partial charge is 0.303 e. The Labute approximate surface area is 185 Å². The van der Waals surface area contributed by atoms with Crippen LogP contribution in [0, 0.1) is 56.7 Å². The lowest BCUT2D eigenvalue weighted by Crippen LogP contribution is -2.56. The molecule has 2 heteroatoms. The number of carboxylic acids is 1. The van der Waals surface area contributed by atoms with Crippen molar-refractivity contribution in [2.24, 2.45) is 56.7 Å². The van der Waals surface area contributed by atoms with Crippen LogP contribution in [0.1, 0.15) is 112 Å². The fourth-order valence-electron chi connectivity index (χ4n) is 11.0. The number of aliphatic carboxylic acids is 1. The van der Waals surface area contributed by atoms with E-state index in [9.17, 15) is 9.90 Å². The van der Waals surface area contributed by atoms with Gasteiger partial charge in [0, 0.05) is 6.42 Å². The third kappa shape index (κ3) is 2.35. The molecule has 5 fully saturated rings. The molecule has 0 saturated heterocycles. The van der Waals surface area contributed by atoms with Gasteiger partial charge in [0.25, 0.3) is 0 Å². The van der Waals surface area contributed by atoms with E-state index in [1.54, 1.807) is 0 Å². The first-order valence-corrected chi connectivity index (χ1v) is 13.2. The van der Waals surface area contributed by atoms with E-state index < -0.39 is 5.97 Å². The first kappa shape index (κ1) is 21.3. The van der Waals surface area contributed by atoms with Crippen molar-refractivity contribution in [3.8, 4) is 0 Å². The zero-order chi connectivity index (χ0) is 21.7. The number of carbonyl (C=O) groups is 1. The Bertz CT molecular complexity index is 741. The fraction of sp³-hybridized carbons (Fsp3) is 0.964. The maximum Gasteiger partial charge on any atom is 0.303 e. The molecule has 170 valence electrons. The summed E-state index contributed by atoms with van der Waals surface area (Å²) in [6, 6.07) is 0. The van der Waals surface area contributed by atoms with Crippen molar-refractivity contribution in [1.29, 1.82) is 0 Å². The molecule has 5 aliphatic carbocycles. The van der Waals surface area contributed by atoms with E-state index in [0.29, 0.717) is 39.4 Å². The van der Waals surface area contributed by atoms with Gasteiger partial charge in [-0.3, -0.25) is 4.79 Å². The number of rotatable bonds is 4. The lowest BCUT2D eigenvalue weighted by atomic mass is 9.41. The lowest BCUT2D eigenvalue weighted by Gasteiger charge is -2.63. The van der Waals surface area contributed by atoms with E-state index in [2.05, 4.69) is 41.5 Å². The number of hydrogen-bond acceptors (Lipinski definition) is 1. The predicted molar refractivity (Wildman–Crippen MR) is 122 cm³/mol. The third-order valence-electron chi connectivity index (χ3n) is 13.2. The quantitative estimate of drug-likeness (QED) is 0.515. The molecule has 0 amide bonds. The van der Waals surface area contributed by atoms with E-state index in [0.717, 1.165) is 30.1 Å². The van der Waals surface area contributed by atoms with E-state index in [4.69, 9.17) is 0 Å². The van der Waals surface area contributed by atoms with Crippen LogP contribution in [-0.4, -0.2) is 11.1 Å². The van der Waals surface area contributed by atoms with Crippen molar-refractivity contribution in [3.05, 3.63) is 0 Å². The molecule has 2 nitrogen and oxygen atoms in total. The Morgan fingerprint density at radius 2 is 1.57 bits per heavy atom. The van der Waals surface area contributed by atoms with E-state index in [-0.39, 0.29) is 0 Å². The van der Waals surface area contributed by atoms with Crippen molar-refractivity contribution in [1.82, 2.24) is 0 Å². The summed E-state index contributed by atoms with van der Waals surface area (Å²) in [6.07, 6.45) is 14.2. The Morgan fingerprint density at radius 1 is 0.900 bits per heavy atom. The van der Waals surface area contributed by atoms with Gasteiger partial charge >= 0.3 is 5.97 Å². The summed E-state index contributed by atoms with van der Waals surface area (Å²) < 4.78 is 0. The maximum atomic E-state index is 11.2. The highest BCUT2D eigenvalue weighted by Crippen LogP contribution is 2.89. The van der Waals surface area contributed by atoms with Crippen LogP contribution in [0.2, 0.25) is 0 Å². The van der Waals surface area contributed by atoms with Crippen LogP contribution in [0.3, 0.4) is 0 Å². The zero-order valence-corrected chi connectivity index (χ0v) is 20.5. The molecule has 30 heavy (non-hydrogen) atoms. The maximum absolute atomic E-state index is 11.2. The minimum absolute atomic E-state index is 0.343. The average Bonchev–Trinajstić information content (AvgIpc) is 3.26. The van der Waals surface area contributed by atoms with Crippen LogP contribution in [0.15, 0.2) is 0 Å². The molecule has 0 heterocycles. The van der Waals surface area contributed by atoms with E-state index in [1.165, 1.54) is 57.8 Å². The molecule has 5 rings (SSSR count). The molecule has 0 aromatic carbocycles. The van der Waals surface area contributed by atoms with Gasteiger partial charge in [-0.2, -0.15) is 0 Å². The summed E-state index contributed by atoms with van der Waals surface area (Å²) >= 11 is 0. The number of hydrogen-bond donors (Lipinski definition) is 1. The first-order valence-electron chi connectivity index (χ1n) is 13.2. The monoisotopic (exact) mass is 414 g/mol. The minimum atomic E-state index is -0.622. The highest BCUT2D eigenvalue weighted by molar-refractivity contribution is 5.66. The normalized spacial score (nSPS) is 54.3. The van der Waals surface area contributed by atoms with Gasteiger partial charge in [0.15, 0.2) is 0 Å². The molecule has 2 unspecified atom stereocenters. The largest absolute Gasteiger partial charge is 0.481 e. The summed E-state index contributed by atoms with van der Waals surface area (Å²) in [4.78, 5) is 11.2. The van der Waals surface area contributed by atoms with Crippen LogP contribution in [-0.2, 0) is 4.79 Å². The molecule has 1 N–H and O–H groups in total. The predicted octanol–water partition coefficient (Wildman–Crippen LogP) is 7.56. The fourth-order valence-corrected chi connectivity index (χ4v) is 11.0. The number of fused-ring (bicyclic) bond motifs is 2. The summed E-state index contributed by atoms with van der Waals surface area (Å²) in [5.74, 6) is 3.38. The van der Waals surface area contributed by atoms with E-state index >= 15 is 0 Å². The number of carboxylic acid groups (broad SMARTS) is 1. The lowest BCUT2D eigenvalue weighted by molar-refractivity contribution is -0.150. The highest BCUT2D eigenvalue weighted by atomic mass is 16.4. The van der Waals surface area contributed by atoms with Gasteiger partial charge in [-0.25, -0.2) is 0 Å². The van der Waals surface area contributed by atoms with Crippen LogP contribution >= 0.6 is 0 Å². The molecule has 5 aliphatic rings. The van der Waals surface area contributed by atoms with Gasteiger partial charge in [-0.1, -0.05) is 41.5 Å². The molecule has 0 aliphatic heterocycles. The van der Waals surface area contributed by atoms with Gasteiger partial charge in [0.1, 0.15) is 0 Å². The van der Waals surface area contributed by atoms with Crippen LogP contribution in [0.5, 0.6) is 0 Å². The molecular formula is C28H46O2. The summed E-state index contributed by atoms with van der Waals surface area (Å²) in [7, 11) is 0. The Hall–Kier alpha value is -0.530. The summed E-state index contributed by atoms with van der Waals surface area (Å²) in [5, 5.41) is 9.22. The zero-order valence-electron chi connectivity index (χ0n) is 20.5. The second kappa shape index (κ2) is 6.28. The van der Waals surface area contributed by atoms with Crippen molar-refractivity contribution in [2.45, 2.75) is 112 Å². The van der Waals surface area contributed by atoms with Crippen molar-refractivity contribution < 1.29 is 9.90 Å². The van der Waals surface area contributed by atoms with Gasteiger partial charge in [0.05, 0.1) is 0 Å². The van der Waals surface area contributed by atoms with Gasteiger partial charge in [-0.05, 0) is 121 Å². The van der Waals surface area contributed by atoms with Gasteiger partial charge in [0.2, 0.25) is 0 Å². The topological polar surface area (TPSA) is 37.3 Å². The Balaban J connectivity index is 1.44. The van der Waals surface area contributed by atoms with Crippen LogP contribution in [0.25, 0.3) is 0 Å². The second-order valence-electron chi connectivity index (χ2n) is 13.8. The van der Waals surface area contributed by atoms with E-state index in [1.807, 2.05) is 0 Å². The third-order valence-corrected chi connectivity index (χ3v) is 13.2. The van der Waals surface area contributed by atoms with Gasteiger partial charge in [-0.15, -0.1) is 0 Å². The van der Waals surface area contributed by atoms with Crippen molar-refractivity contribution >= 4 is 5.97 Å². The molecular weight excluding hydrogens is 368 g/mol. The minimum Gasteiger partial charge on any atom is -0.481 e. The Kier molecular flexibility index (Phi) is 4.47. The standard InChI is InChI=1S/C28H46O2/c1-18(7-10-23(29)30)20-12-13-26(6)22-9-8-21-24(3,4)19(2)11-14-27(21)17-28(22,27)16-15-25(20,26)5/h18-22H,7-17H2,1-6H3,(H,29,30)/t18-,19+,20-,21?,22?,25-,26+,27-,28+/m1/s1. The highest BCUT2D eigenvalue weighted by Gasteiger charge is 2.81. The van der Waals surface area contributed by atoms with Gasteiger partial charge < -0.3 is 5.11 Å². The SMILES string of the molecule is C[C@H](CCC(=O)O)[C@H]1CC[C@@]2(C)C3CCC4C(C)(C)[C@@H](C)CC[C@@]45C[C@@]35CC[C@]12C. The van der Waals surface area contributed by atoms with Crippen LogP contribution < -0.4 is 0 Å². The molecule has 0 radical (unpaired) electrons. The molecule has 0 aromatic heterocycles.